The van der Waals surface area contributed by atoms with Crippen LogP contribution < -0.4 is 4.74 Å². The van der Waals surface area contributed by atoms with Crippen LogP contribution in [0.1, 0.15) is 54.0 Å². The third-order valence-electron chi connectivity index (χ3n) is 6.94. The van der Waals surface area contributed by atoms with E-state index in [-0.39, 0.29) is 24.8 Å². The molecule has 8 heteroatoms. The largest absolute Gasteiger partial charge is 0.573 e. The number of hydrogen-bond acceptors (Lipinski definition) is 1. The average molecular weight is 563 g/mol. The molecule has 4 rings (SSSR count). The highest BCUT2D eigenvalue weighted by Gasteiger charge is 2.32. The van der Waals surface area contributed by atoms with Crippen molar-refractivity contribution in [3.8, 4) is 5.75 Å². The molecule has 0 atom stereocenters. The second-order valence-corrected chi connectivity index (χ2v) is 9.90. The number of unbranched alkanes of at least 4 members (excludes halogenated alkanes) is 2. The summed E-state index contributed by atoms with van der Waals surface area (Å²) >= 11 is 0. The van der Waals surface area contributed by atoms with Crippen LogP contribution in [-0.4, -0.2) is 6.36 Å². The molecule has 4 aromatic carbocycles. The maximum Gasteiger partial charge on any atom is 0.573 e. The minimum atomic E-state index is -5.00. The Morgan fingerprint density at radius 2 is 1.27 bits per heavy atom. The van der Waals surface area contributed by atoms with Gasteiger partial charge in [0.15, 0.2) is 11.6 Å². The molecule has 0 radical (unpaired) electrons. The summed E-state index contributed by atoms with van der Waals surface area (Å²) in [5, 5.41) is 1.00. The van der Waals surface area contributed by atoms with Gasteiger partial charge in [0.05, 0.1) is 0 Å². The normalized spacial score (nSPS) is 11.8. The molecule has 4 aromatic rings. The van der Waals surface area contributed by atoms with Crippen LogP contribution in [0.5, 0.6) is 5.75 Å². The molecule has 0 N–H and O–H groups in total. The summed E-state index contributed by atoms with van der Waals surface area (Å²) in [6, 6.07) is 14.4. The number of hydrogen-bond donors (Lipinski definition) is 0. The van der Waals surface area contributed by atoms with E-state index in [2.05, 4.69) is 11.7 Å². The van der Waals surface area contributed by atoms with Crippen molar-refractivity contribution >= 4 is 10.8 Å². The first-order valence-corrected chi connectivity index (χ1v) is 13.2. The summed E-state index contributed by atoms with van der Waals surface area (Å²) in [6.45, 7) is 2.07. The van der Waals surface area contributed by atoms with Crippen LogP contribution in [0.25, 0.3) is 10.8 Å². The van der Waals surface area contributed by atoms with E-state index in [4.69, 9.17) is 0 Å². The average Bonchev–Trinajstić information content (AvgIpc) is 2.89. The number of aryl methyl sites for hydroxylation is 4. The zero-order valence-electron chi connectivity index (χ0n) is 22.0. The summed E-state index contributed by atoms with van der Waals surface area (Å²) in [5.41, 5.74) is 2.27. The standard InChI is InChI=1S/C32H29F7O/c1-2-3-4-5-22-18-27(33)26(28(34)19-22)14-8-20-7-13-25-24(16-20)12-11-23(31(25)36)10-6-21-9-15-30(29(35)17-21)40-32(37,38)39/h7,9,11-13,15-19H,2-6,8,10,14H2,1H3. The van der Waals surface area contributed by atoms with Gasteiger partial charge >= 0.3 is 6.36 Å². The van der Waals surface area contributed by atoms with Gasteiger partial charge in [0.25, 0.3) is 0 Å². The zero-order valence-corrected chi connectivity index (χ0v) is 22.0. The first-order chi connectivity index (χ1) is 19.0. The van der Waals surface area contributed by atoms with Crippen molar-refractivity contribution in [3.63, 3.8) is 0 Å². The molecule has 0 saturated carbocycles. The van der Waals surface area contributed by atoms with Crippen LogP contribution in [0.4, 0.5) is 30.7 Å². The smallest absolute Gasteiger partial charge is 0.403 e. The third kappa shape index (κ3) is 7.55. The molecule has 0 aromatic heterocycles. The summed E-state index contributed by atoms with van der Waals surface area (Å²) in [6.07, 6.45) is -0.480. The van der Waals surface area contributed by atoms with E-state index in [9.17, 15) is 26.3 Å². The highest BCUT2D eigenvalue weighted by Crippen LogP contribution is 2.28. The van der Waals surface area contributed by atoms with E-state index in [1.54, 1.807) is 30.3 Å². The van der Waals surface area contributed by atoms with Gasteiger partial charge in [-0.15, -0.1) is 13.2 Å². The third-order valence-corrected chi connectivity index (χ3v) is 6.94. The van der Waals surface area contributed by atoms with Crippen molar-refractivity contribution in [3.05, 3.63) is 112 Å². The summed E-state index contributed by atoms with van der Waals surface area (Å²) in [7, 11) is 0. The van der Waals surface area contributed by atoms with Crippen molar-refractivity contribution in [2.24, 2.45) is 0 Å². The van der Waals surface area contributed by atoms with Gasteiger partial charge < -0.3 is 4.74 Å². The molecule has 0 aliphatic rings. The lowest BCUT2D eigenvalue weighted by Gasteiger charge is -2.12. The first kappa shape index (κ1) is 29.4. The van der Waals surface area contributed by atoms with Crippen molar-refractivity contribution < 1.29 is 35.5 Å². The van der Waals surface area contributed by atoms with Gasteiger partial charge in [-0.3, -0.25) is 0 Å². The second-order valence-electron chi connectivity index (χ2n) is 9.90. The number of halogens is 7. The summed E-state index contributed by atoms with van der Waals surface area (Å²) < 4.78 is 99.1. The number of fused-ring (bicyclic) bond motifs is 1. The van der Waals surface area contributed by atoms with Gasteiger partial charge in [-0.05, 0) is 90.4 Å². The molecule has 0 saturated heterocycles. The number of alkyl halides is 3. The van der Waals surface area contributed by atoms with Crippen LogP contribution >= 0.6 is 0 Å². The Morgan fingerprint density at radius 1 is 0.625 bits per heavy atom. The van der Waals surface area contributed by atoms with E-state index in [1.807, 2.05) is 0 Å². The molecule has 0 bridgehead atoms. The Morgan fingerprint density at radius 3 is 1.95 bits per heavy atom. The Labute approximate surface area is 228 Å². The highest BCUT2D eigenvalue weighted by molar-refractivity contribution is 5.84. The summed E-state index contributed by atoms with van der Waals surface area (Å²) in [4.78, 5) is 0. The molecule has 1 nitrogen and oxygen atoms in total. The minimum Gasteiger partial charge on any atom is -0.403 e. The van der Waals surface area contributed by atoms with Gasteiger partial charge in [-0.2, -0.15) is 0 Å². The SMILES string of the molecule is CCCCCc1cc(F)c(CCc2ccc3c(F)c(CCc4ccc(OC(F)(F)F)c(F)c4)ccc3c2)c(F)c1. The van der Waals surface area contributed by atoms with E-state index in [0.717, 1.165) is 37.0 Å². The fraction of sp³-hybridized carbons (Fsp3) is 0.312. The predicted molar refractivity (Wildman–Crippen MR) is 141 cm³/mol. The van der Waals surface area contributed by atoms with Gasteiger partial charge in [0, 0.05) is 10.9 Å². The molecule has 0 heterocycles. The Kier molecular flexibility index (Phi) is 9.38. The van der Waals surface area contributed by atoms with Crippen molar-refractivity contribution in [2.75, 3.05) is 0 Å². The second kappa shape index (κ2) is 12.7. The van der Waals surface area contributed by atoms with Crippen LogP contribution in [0.15, 0.2) is 60.7 Å². The van der Waals surface area contributed by atoms with E-state index in [1.165, 1.54) is 18.2 Å². The quantitative estimate of drug-likeness (QED) is 0.131. The van der Waals surface area contributed by atoms with Crippen LogP contribution in [0.2, 0.25) is 0 Å². The predicted octanol–water partition coefficient (Wildman–Crippen LogP) is 9.60. The monoisotopic (exact) mass is 562 g/mol. The van der Waals surface area contributed by atoms with E-state index in [0.29, 0.717) is 40.3 Å². The number of rotatable bonds is 11. The maximum atomic E-state index is 15.2. The van der Waals surface area contributed by atoms with Gasteiger partial charge in [-0.1, -0.05) is 56.2 Å². The fourth-order valence-corrected chi connectivity index (χ4v) is 4.81. The number of benzene rings is 4. The van der Waals surface area contributed by atoms with E-state index < -0.39 is 35.4 Å². The number of ether oxygens (including phenoxy) is 1. The Bertz CT molecular complexity index is 1450. The summed E-state index contributed by atoms with van der Waals surface area (Å²) in [5.74, 6) is -3.62. The van der Waals surface area contributed by atoms with Gasteiger partial charge in [0.1, 0.15) is 17.5 Å². The molecule has 0 unspecified atom stereocenters. The van der Waals surface area contributed by atoms with Crippen molar-refractivity contribution in [1.29, 1.82) is 0 Å². The topological polar surface area (TPSA) is 9.23 Å². The first-order valence-electron chi connectivity index (χ1n) is 13.2. The molecular weight excluding hydrogens is 533 g/mol. The molecular formula is C32H29F7O. The Balaban J connectivity index is 1.41. The lowest BCUT2D eigenvalue weighted by molar-refractivity contribution is -0.275. The van der Waals surface area contributed by atoms with Crippen LogP contribution in [0, 0.1) is 23.3 Å². The lowest BCUT2D eigenvalue weighted by atomic mass is 9.96. The Hall–Kier alpha value is -3.55. The fourth-order valence-electron chi connectivity index (χ4n) is 4.81. The lowest BCUT2D eigenvalue weighted by Crippen LogP contribution is -2.18. The van der Waals surface area contributed by atoms with Crippen molar-refractivity contribution in [2.45, 2.75) is 64.7 Å². The molecule has 0 spiro atoms. The minimum absolute atomic E-state index is 0.0373. The maximum absolute atomic E-state index is 15.2. The molecule has 0 fully saturated rings. The molecule has 0 aliphatic heterocycles. The molecule has 212 valence electrons. The van der Waals surface area contributed by atoms with Gasteiger partial charge in [0.2, 0.25) is 0 Å². The van der Waals surface area contributed by atoms with Crippen molar-refractivity contribution in [1.82, 2.24) is 0 Å². The molecule has 0 amide bonds. The molecule has 0 aliphatic carbocycles. The van der Waals surface area contributed by atoms with Crippen LogP contribution in [-0.2, 0) is 32.1 Å². The molecule has 40 heavy (non-hydrogen) atoms. The van der Waals surface area contributed by atoms with E-state index >= 15 is 4.39 Å². The van der Waals surface area contributed by atoms with Crippen LogP contribution in [0.3, 0.4) is 0 Å². The highest BCUT2D eigenvalue weighted by atomic mass is 19.4. The zero-order chi connectivity index (χ0) is 28.9. The van der Waals surface area contributed by atoms with Gasteiger partial charge in [-0.25, -0.2) is 17.6 Å².